The van der Waals surface area contributed by atoms with Crippen molar-refractivity contribution in [2.24, 2.45) is 4.99 Å². The molecule has 25 heavy (non-hydrogen) atoms. The maximum atomic E-state index is 11.5. The molecule has 0 saturated heterocycles. The van der Waals surface area contributed by atoms with Crippen molar-refractivity contribution in [1.82, 2.24) is 19.9 Å². The summed E-state index contributed by atoms with van der Waals surface area (Å²) in [6, 6.07) is 0. The summed E-state index contributed by atoms with van der Waals surface area (Å²) in [6.07, 6.45) is 1.96. The summed E-state index contributed by atoms with van der Waals surface area (Å²) in [5.41, 5.74) is 1.11. The lowest BCUT2D eigenvalue weighted by atomic mass is 10.2. The molecule has 0 unspecified atom stereocenters. The van der Waals surface area contributed by atoms with Crippen LogP contribution in [0.4, 0.5) is 0 Å². The highest BCUT2D eigenvalue weighted by molar-refractivity contribution is 14.0. The highest BCUT2D eigenvalue weighted by atomic mass is 127. The van der Waals surface area contributed by atoms with Gasteiger partial charge in [-0.05, 0) is 12.3 Å². The van der Waals surface area contributed by atoms with Crippen LogP contribution in [0.3, 0.4) is 0 Å². The van der Waals surface area contributed by atoms with E-state index in [2.05, 4.69) is 39.8 Å². The summed E-state index contributed by atoms with van der Waals surface area (Å²) in [5, 5.41) is 9.53. The van der Waals surface area contributed by atoms with E-state index in [-0.39, 0.29) is 24.0 Å². The SMILES string of the molecule is CCN(CCCNC(=NC)NCc1nc(C(C)C)cs1)S(C)(=O)=O.I. The second-order valence-corrected chi connectivity index (χ2v) is 8.71. The number of rotatable bonds is 9. The number of nitrogens with zero attached hydrogens (tertiary/aromatic N) is 3. The van der Waals surface area contributed by atoms with Gasteiger partial charge in [-0.25, -0.2) is 17.7 Å². The summed E-state index contributed by atoms with van der Waals surface area (Å²) in [7, 11) is -1.41. The molecule has 0 atom stereocenters. The van der Waals surface area contributed by atoms with E-state index in [0.29, 0.717) is 38.1 Å². The van der Waals surface area contributed by atoms with Crippen molar-refractivity contribution in [1.29, 1.82) is 0 Å². The van der Waals surface area contributed by atoms with Gasteiger partial charge in [0.25, 0.3) is 0 Å². The van der Waals surface area contributed by atoms with Gasteiger partial charge in [-0.1, -0.05) is 20.8 Å². The van der Waals surface area contributed by atoms with Crippen LogP contribution in [0.15, 0.2) is 10.4 Å². The summed E-state index contributed by atoms with van der Waals surface area (Å²) in [4.78, 5) is 8.74. The molecule has 1 heterocycles. The molecule has 146 valence electrons. The van der Waals surface area contributed by atoms with Crippen molar-refractivity contribution in [3.05, 3.63) is 16.1 Å². The van der Waals surface area contributed by atoms with Gasteiger partial charge in [0.05, 0.1) is 18.5 Å². The lowest BCUT2D eigenvalue weighted by Gasteiger charge is -2.18. The Morgan fingerprint density at radius 2 is 2.08 bits per heavy atom. The zero-order chi connectivity index (χ0) is 18.2. The van der Waals surface area contributed by atoms with Gasteiger partial charge in [-0.2, -0.15) is 0 Å². The minimum absolute atomic E-state index is 0. The van der Waals surface area contributed by atoms with Crippen LogP contribution in [0.2, 0.25) is 0 Å². The van der Waals surface area contributed by atoms with E-state index in [1.807, 2.05) is 6.92 Å². The van der Waals surface area contributed by atoms with Crippen LogP contribution >= 0.6 is 35.3 Å². The number of guanidine groups is 1. The summed E-state index contributed by atoms with van der Waals surface area (Å²) < 4.78 is 24.5. The fraction of sp³-hybridized carbons (Fsp3) is 0.733. The molecule has 0 bridgehead atoms. The van der Waals surface area contributed by atoms with Gasteiger partial charge < -0.3 is 10.6 Å². The topological polar surface area (TPSA) is 86.7 Å². The third-order valence-corrected chi connectivity index (χ3v) is 5.74. The smallest absolute Gasteiger partial charge is 0.211 e. The first kappa shape index (κ1) is 24.5. The standard InChI is InChI=1S/C15H29N5O2S2.HI/c1-6-20(24(5,21)22)9-7-8-17-15(16-4)18-10-14-19-13(11-23-14)12(2)3;/h11-12H,6-10H2,1-5H3,(H2,16,17,18);1H. The fourth-order valence-electron chi connectivity index (χ4n) is 2.07. The van der Waals surface area contributed by atoms with Gasteiger partial charge >= 0.3 is 0 Å². The van der Waals surface area contributed by atoms with Gasteiger partial charge in [-0.3, -0.25) is 4.99 Å². The van der Waals surface area contributed by atoms with E-state index in [4.69, 9.17) is 0 Å². The largest absolute Gasteiger partial charge is 0.356 e. The van der Waals surface area contributed by atoms with Gasteiger partial charge in [0, 0.05) is 32.1 Å². The molecule has 7 nitrogen and oxygen atoms in total. The Morgan fingerprint density at radius 1 is 1.40 bits per heavy atom. The third kappa shape index (κ3) is 9.15. The minimum Gasteiger partial charge on any atom is -0.356 e. The van der Waals surface area contributed by atoms with E-state index in [9.17, 15) is 8.42 Å². The third-order valence-electron chi connectivity index (χ3n) is 3.49. The summed E-state index contributed by atoms with van der Waals surface area (Å²) >= 11 is 1.64. The zero-order valence-electron chi connectivity index (χ0n) is 15.6. The monoisotopic (exact) mass is 503 g/mol. The highest BCUT2D eigenvalue weighted by Gasteiger charge is 2.13. The van der Waals surface area contributed by atoms with Crippen molar-refractivity contribution in [2.75, 3.05) is 32.9 Å². The maximum absolute atomic E-state index is 11.5. The Morgan fingerprint density at radius 3 is 2.56 bits per heavy atom. The molecule has 0 amide bonds. The van der Waals surface area contributed by atoms with Crippen LogP contribution in [0.1, 0.15) is 43.8 Å². The number of aliphatic imine (C=N–C) groups is 1. The number of aromatic nitrogens is 1. The van der Waals surface area contributed by atoms with Crippen LogP contribution in [-0.4, -0.2) is 56.6 Å². The predicted octanol–water partition coefficient (Wildman–Crippen LogP) is 2.22. The first-order valence-corrected chi connectivity index (χ1v) is 10.8. The van der Waals surface area contributed by atoms with Crippen LogP contribution in [0.5, 0.6) is 0 Å². The van der Waals surface area contributed by atoms with Crippen molar-refractivity contribution in [3.8, 4) is 0 Å². The molecular weight excluding hydrogens is 473 g/mol. The van der Waals surface area contributed by atoms with Crippen LogP contribution < -0.4 is 10.6 Å². The lowest BCUT2D eigenvalue weighted by molar-refractivity contribution is 0.424. The molecule has 0 radical (unpaired) electrons. The van der Waals surface area contributed by atoms with E-state index >= 15 is 0 Å². The van der Waals surface area contributed by atoms with Crippen LogP contribution in [-0.2, 0) is 16.6 Å². The van der Waals surface area contributed by atoms with Crippen LogP contribution in [0, 0.1) is 0 Å². The number of halogens is 1. The Kier molecular flexibility index (Phi) is 11.8. The molecule has 0 aliphatic carbocycles. The van der Waals surface area contributed by atoms with E-state index in [1.54, 1.807) is 18.4 Å². The van der Waals surface area contributed by atoms with Crippen molar-refractivity contribution in [2.45, 2.75) is 39.7 Å². The first-order valence-electron chi connectivity index (χ1n) is 8.11. The van der Waals surface area contributed by atoms with E-state index < -0.39 is 10.0 Å². The Labute approximate surface area is 172 Å². The number of sulfonamides is 1. The number of hydrogen-bond donors (Lipinski definition) is 2. The minimum atomic E-state index is -3.12. The number of thiazole rings is 1. The molecule has 0 aliphatic rings. The molecular formula is C15H30IN5O2S2. The van der Waals surface area contributed by atoms with E-state index in [1.165, 1.54) is 10.6 Å². The first-order chi connectivity index (χ1) is 11.3. The summed E-state index contributed by atoms with van der Waals surface area (Å²) in [5.74, 6) is 1.13. The molecule has 0 aliphatic heterocycles. The molecule has 0 spiro atoms. The average molecular weight is 503 g/mol. The molecule has 0 aromatic carbocycles. The van der Waals surface area contributed by atoms with Crippen molar-refractivity contribution >= 4 is 51.3 Å². The average Bonchev–Trinajstić information content (AvgIpc) is 2.98. The molecule has 0 saturated carbocycles. The van der Waals surface area contributed by atoms with Crippen LogP contribution in [0.25, 0.3) is 0 Å². The normalized spacial score (nSPS) is 12.4. The molecule has 1 aromatic rings. The molecule has 1 rings (SSSR count). The summed E-state index contributed by atoms with van der Waals surface area (Å²) in [6.45, 7) is 8.37. The Hall–Kier alpha value is -0.460. The molecule has 2 N–H and O–H groups in total. The number of hydrogen-bond acceptors (Lipinski definition) is 5. The molecule has 1 aromatic heterocycles. The molecule has 0 fully saturated rings. The zero-order valence-corrected chi connectivity index (χ0v) is 19.5. The van der Waals surface area contributed by atoms with E-state index in [0.717, 1.165) is 17.1 Å². The molecule has 10 heteroatoms. The second kappa shape index (κ2) is 12.0. The van der Waals surface area contributed by atoms with Gasteiger partial charge in [-0.15, -0.1) is 35.3 Å². The predicted molar refractivity (Wildman–Crippen MR) is 117 cm³/mol. The number of nitrogens with one attached hydrogen (secondary N) is 2. The Bertz CT molecular complexity index is 632. The van der Waals surface area contributed by atoms with Crippen molar-refractivity contribution in [3.63, 3.8) is 0 Å². The highest BCUT2D eigenvalue weighted by Crippen LogP contribution is 2.17. The second-order valence-electron chi connectivity index (χ2n) is 5.78. The van der Waals surface area contributed by atoms with Gasteiger partial charge in [0.1, 0.15) is 5.01 Å². The van der Waals surface area contributed by atoms with Crippen molar-refractivity contribution < 1.29 is 8.42 Å². The van der Waals surface area contributed by atoms with Gasteiger partial charge in [0.2, 0.25) is 10.0 Å². The fourth-order valence-corrected chi connectivity index (χ4v) is 3.90. The maximum Gasteiger partial charge on any atom is 0.211 e. The lowest BCUT2D eigenvalue weighted by Crippen LogP contribution is -2.39. The Balaban J connectivity index is 0.00000576. The quantitative estimate of drug-likeness (QED) is 0.234. The van der Waals surface area contributed by atoms with Gasteiger partial charge in [0.15, 0.2) is 5.96 Å².